The van der Waals surface area contributed by atoms with Crippen LogP contribution < -0.4 is 4.74 Å². The Morgan fingerprint density at radius 2 is 2.00 bits per heavy atom. The number of rotatable bonds is 8. The van der Waals surface area contributed by atoms with E-state index in [0.29, 0.717) is 12.8 Å². The summed E-state index contributed by atoms with van der Waals surface area (Å²) in [6, 6.07) is 3.94. The minimum absolute atomic E-state index is 0.0706. The van der Waals surface area contributed by atoms with Crippen LogP contribution in [-0.2, 0) is 9.53 Å². The van der Waals surface area contributed by atoms with Gasteiger partial charge in [0.2, 0.25) is 0 Å². The van der Waals surface area contributed by atoms with Gasteiger partial charge < -0.3 is 9.47 Å². The molecule has 0 fully saturated rings. The number of esters is 1. The zero-order valence-electron chi connectivity index (χ0n) is 12.8. The van der Waals surface area contributed by atoms with Crippen LogP contribution >= 0.6 is 0 Å². The Kier molecular flexibility index (Phi) is 6.49. The molecule has 0 aromatic heterocycles. The van der Waals surface area contributed by atoms with E-state index < -0.39 is 17.5 Å². The quantitative estimate of drug-likeness (QED) is 0.317. The van der Waals surface area contributed by atoms with Crippen molar-refractivity contribution >= 4 is 17.4 Å². The Bertz CT molecular complexity index is 567. The van der Waals surface area contributed by atoms with Gasteiger partial charge in [0.25, 0.3) is 0 Å². The molecule has 120 valence electrons. The highest BCUT2D eigenvalue weighted by atomic mass is 16.6. The number of nitro benzene ring substituents is 1. The topological polar surface area (TPSA) is 95.7 Å². The van der Waals surface area contributed by atoms with Crippen LogP contribution in [0.25, 0.3) is 0 Å². The fourth-order valence-corrected chi connectivity index (χ4v) is 1.76. The third-order valence-corrected chi connectivity index (χ3v) is 2.67. The molecule has 0 heterocycles. The lowest BCUT2D eigenvalue weighted by molar-refractivity contribution is -0.385. The molecule has 7 heteroatoms. The Labute approximate surface area is 128 Å². The number of nitro groups is 1. The first-order valence-corrected chi connectivity index (χ1v) is 6.99. The molecule has 0 saturated heterocycles. The molecular weight excluding hydrogens is 290 g/mol. The standard InChI is InChI=1S/C15H19NO6/c1-4-5-13(17)11-6-7-14(12(8-11)16(19)20)21-9-15(18)22-10(2)3/h6-8,10H,4-5,9H2,1-3H3. The highest BCUT2D eigenvalue weighted by Crippen LogP contribution is 2.28. The molecule has 0 saturated carbocycles. The highest BCUT2D eigenvalue weighted by molar-refractivity contribution is 5.96. The molecule has 1 rings (SSSR count). The lowest BCUT2D eigenvalue weighted by atomic mass is 10.1. The second kappa shape index (κ2) is 8.11. The average Bonchev–Trinajstić information content (AvgIpc) is 2.44. The number of hydrogen-bond donors (Lipinski definition) is 0. The molecule has 0 aliphatic heterocycles. The maximum absolute atomic E-state index is 11.8. The van der Waals surface area contributed by atoms with Gasteiger partial charge in [-0.15, -0.1) is 0 Å². The van der Waals surface area contributed by atoms with Crippen molar-refractivity contribution in [3.63, 3.8) is 0 Å². The van der Waals surface area contributed by atoms with Gasteiger partial charge in [-0.3, -0.25) is 14.9 Å². The van der Waals surface area contributed by atoms with Gasteiger partial charge in [-0.2, -0.15) is 0 Å². The molecule has 22 heavy (non-hydrogen) atoms. The molecule has 0 bridgehead atoms. The molecule has 0 unspecified atom stereocenters. The van der Waals surface area contributed by atoms with Crippen LogP contribution in [0.1, 0.15) is 44.0 Å². The van der Waals surface area contributed by atoms with Crippen molar-refractivity contribution in [1.82, 2.24) is 0 Å². The molecule has 0 N–H and O–H groups in total. The summed E-state index contributed by atoms with van der Waals surface area (Å²) in [5, 5.41) is 11.1. The fourth-order valence-electron chi connectivity index (χ4n) is 1.76. The first-order valence-electron chi connectivity index (χ1n) is 6.99. The molecule has 7 nitrogen and oxygen atoms in total. The van der Waals surface area contributed by atoms with Gasteiger partial charge in [0.05, 0.1) is 11.0 Å². The molecule has 0 atom stereocenters. The maximum Gasteiger partial charge on any atom is 0.344 e. The number of nitrogens with zero attached hydrogens (tertiary/aromatic N) is 1. The zero-order chi connectivity index (χ0) is 16.7. The Morgan fingerprint density at radius 3 is 2.55 bits per heavy atom. The summed E-state index contributed by atoms with van der Waals surface area (Å²) >= 11 is 0. The van der Waals surface area contributed by atoms with Gasteiger partial charge in [0, 0.05) is 18.1 Å². The maximum atomic E-state index is 11.8. The van der Waals surface area contributed by atoms with Crippen LogP contribution in [0.5, 0.6) is 5.75 Å². The first-order chi connectivity index (χ1) is 10.3. The number of ketones is 1. The van der Waals surface area contributed by atoms with Crippen molar-refractivity contribution in [1.29, 1.82) is 0 Å². The van der Waals surface area contributed by atoms with Crippen LogP contribution in [0.2, 0.25) is 0 Å². The van der Waals surface area contributed by atoms with E-state index >= 15 is 0 Å². The second-order valence-electron chi connectivity index (χ2n) is 4.94. The summed E-state index contributed by atoms with van der Waals surface area (Å²) in [5.41, 5.74) is -0.0926. The van der Waals surface area contributed by atoms with E-state index in [4.69, 9.17) is 9.47 Å². The summed E-state index contributed by atoms with van der Waals surface area (Å²) < 4.78 is 10.0. The lowest BCUT2D eigenvalue weighted by Crippen LogP contribution is -2.19. The normalized spacial score (nSPS) is 10.4. The van der Waals surface area contributed by atoms with Gasteiger partial charge in [-0.1, -0.05) is 6.92 Å². The van der Waals surface area contributed by atoms with Gasteiger partial charge in [-0.05, 0) is 32.4 Å². The number of Topliss-reactive ketones (excluding diaryl/α,β-unsaturated/α-hetero) is 1. The van der Waals surface area contributed by atoms with Crippen molar-refractivity contribution in [3.8, 4) is 5.75 Å². The first kappa shape index (κ1) is 17.6. The molecule has 1 aromatic carbocycles. The van der Waals surface area contributed by atoms with E-state index in [2.05, 4.69) is 0 Å². The van der Waals surface area contributed by atoms with E-state index in [9.17, 15) is 19.7 Å². The summed E-state index contributed by atoms with van der Waals surface area (Å²) in [7, 11) is 0. The number of ether oxygens (including phenoxy) is 2. The monoisotopic (exact) mass is 309 g/mol. The molecular formula is C15H19NO6. The molecule has 0 amide bonds. The van der Waals surface area contributed by atoms with E-state index in [1.807, 2.05) is 6.92 Å². The van der Waals surface area contributed by atoms with Gasteiger partial charge >= 0.3 is 11.7 Å². The lowest BCUT2D eigenvalue weighted by Gasteiger charge is -2.10. The van der Waals surface area contributed by atoms with Crippen LogP contribution in [0.3, 0.4) is 0 Å². The van der Waals surface area contributed by atoms with E-state index in [-0.39, 0.29) is 28.9 Å². The van der Waals surface area contributed by atoms with Crippen molar-refractivity contribution in [2.24, 2.45) is 0 Å². The van der Waals surface area contributed by atoms with Gasteiger partial charge in [0.15, 0.2) is 18.1 Å². The summed E-state index contributed by atoms with van der Waals surface area (Å²) in [5.74, 6) is -0.856. The summed E-state index contributed by atoms with van der Waals surface area (Å²) in [6.07, 6.45) is 0.685. The Morgan fingerprint density at radius 1 is 1.32 bits per heavy atom. The predicted molar refractivity (Wildman–Crippen MR) is 79.1 cm³/mol. The van der Waals surface area contributed by atoms with Crippen molar-refractivity contribution in [2.45, 2.75) is 39.7 Å². The number of carbonyl (C=O) groups excluding carboxylic acids is 2. The molecule has 1 aromatic rings. The summed E-state index contributed by atoms with van der Waals surface area (Å²) in [4.78, 5) is 33.6. The third-order valence-electron chi connectivity index (χ3n) is 2.67. The summed E-state index contributed by atoms with van der Waals surface area (Å²) in [6.45, 7) is 4.80. The molecule has 0 spiro atoms. The van der Waals surface area contributed by atoms with Crippen LogP contribution in [-0.4, -0.2) is 29.4 Å². The van der Waals surface area contributed by atoms with Crippen LogP contribution in [0, 0.1) is 10.1 Å². The average molecular weight is 309 g/mol. The van der Waals surface area contributed by atoms with Crippen LogP contribution in [0.15, 0.2) is 18.2 Å². The Balaban J connectivity index is 2.89. The minimum Gasteiger partial charge on any atom is -0.475 e. The van der Waals surface area contributed by atoms with E-state index in [1.165, 1.54) is 18.2 Å². The molecule has 0 aliphatic carbocycles. The van der Waals surface area contributed by atoms with E-state index in [0.717, 1.165) is 0 Å². The SMILES string of the molecule is CCCC(=O)c1ccc(OCC(=O)OC(C)C)c([N+](=O)[O-])c1. The molecule has 0 aliphatic rings. The number of benzene rings is 1. The van der Waals surface area contributed by atoms with Crippen molar-refractivity contribution in [2.75, 3.05) is 6.61 Å². The third kappa shape index (κ3) is 5.16. The zero-order valence-corrected chi connectivity index (χ0v) is 12.8. The predicted octanol–water partition coefficient (Wildman–Crippen LogP) is 2.91. The van der Waals surface area contributed by atoms with Gasteiger partial charge in [0.1, 0.15) is 0 Å². The van der Waals surface area contributed by atoms with Crippen LogP contribution in [0.4, 0.5) is 5.69 Å². The second-order valence-corrected chi connectivity index (χ2v) is 4.94. The van der Waals surface area contributed by atoms with Crippen molar-refractivity contribution in [3.05, 3.63) is 33.9 Å². The smallest absolute Gasteiger partial charge is 0.344 e. The fraction of sp³-hybridized carbons (Fsp3) is 0.467. The number of carbonyl (C=O) groups is 2. The molecule has 0 radical (unpaired) electrons. The minimum atomic E-state index is -0.647. The Hall–Kier alpha value is -2.44. The van der Waals surface area contributed by atoms with Gasteiger partial charge in [-0.25, -0.2) is 4.79 Å². The van der Waals surface area contributed by atoms with Crippen molar-refractivity contribution < 1.29 is 24.0 Å². The van der Waals surface area contributed by atoms with E-state index in [1.54, 1.807) is 13.8 Å². The highest BCUT2D eigenvalue weighted by Gasteiger charge is 2.19. The number of hydrogen-bond acceptors (Lipinski definition) is 6. The largest absolute Gasteiger partial charge is 0.475 e.